The Kier molecular flexibility index (Phi) is 2.50. The van der Waals surface area contributed by atoms with Crippen LogP contribution in [0.3, 0.4) is 0 Å². The molecule has 1 saturated heterocycles. The van der Waals surface area contributed by atoms with Crippen molar-refractivity contribution >= 4 is 16.7 Å². The van der Waals surface area contributed by atoms with Crippen LogP contribution in [0.1, 0.15) is 6.92 Å². The molecule has 1 aliphatic rings. The second-order valence-corrected chi connectivity index (χ2v) is 5.73. The van der Waals surface area contributed by atoms with E-state index in [-0.39, 0.29) is 11.3 Å². The van der Waals surface area contributed by atoms with Gasteiger partial charge in [0.1, 0.15) is 5.60 Å². The first-order valence-electron chi connectivity index (χ1n) is 6.42. The van der Waals surface area contributed by atoms with Crippen molar-refractivity contribution in [3.63, 3.8) is 0 Å². The van der Waals surface area contributed by atoms with Crippen LogP contribution in [0.4, 0.5) is 5.69 Å². The summed E-state index contributed by atoms with van der Waals surface area (Å²) in [5.41, 5.74) is 2.86. The number of hydrogen-bond donors (Lipinski definition) is 0. The number of aromatic nitrogens is 2. The Morgan fingerprint density at radius 1 is 1.37 bits per heavy atom. The first-order valence-corrected chi connectivity index (χ1v) is 6.42. The summed E-state index contributed by atoms with van der Waals surface area (Å²) in [5.74, 6) is 0. The molecule has 5 nitrogen and oxygen atoms in total. The summed E-state index contributed by atoms with van der Waals surface area (Å²) in [6, 6.07) is 6.09. The molecule has 5 heteroatoms. The monoisotopic (exact) mass is 261 g/mol. The van der Waals surface area contributed by atoms with Gasteiger partial charge in [0, 0.05) is 26.8 Å². The average Bonchev–Trinajstić information content (AvgIpc) is 3.06. The third-order valence-electron chi connectivity index (χ3n) is 3.78. The minimum absolute atomic E-state index is 0.0163. The minimum Gasteiger partial charge on any atom is -0.378 e. The van der Waals surface area contributed by atoms with Crippen molar-refractivity contribution in [1.29, 1.82) is 0 Å². The third kappa shape index (κ3) is 1.94. The molecular formula is C14H19N3O2. The van der Waals surface area contributed by atoms with Gasteiger partial charge in [-0.05, 0) is 25.1 Å². The van der Waals surface area contributed by atoms with Crippen molar-refractivity contribution < 1.29 is 4.74 Å². The highest BCUT2D eigenvalue weighted by Gasteiger charge is 2.40. The minimum atomic E-state index is -0.174. The summed E-state index contributed by atoms with van der Waals surface area (Å²) in [6.45, 7) is 3.37. The summed E-state index contributed by atoms with van der Waals surface area (Å²) in [7, 11) is 5.81. The number of anilines is 1. The van der Waals surface area contributed by atoms with Crippen molar-refractivity contribution in [1.82, 2.24) is 9.13 Å². The molecule has 2 aromatic rings. The van der Waals surface area contributed by atoms with Gasteiger partial charge in [-0.25, -0.2) is 4.79 Å². The number of ether oxygens (including phenoxy) is 1. The summed E-state index contributed by atoms with van der Waals surface area (Å²) < 4.78 is 8.92. The number of nitrogens with zero attached hydrogens (tertiary/aromatic N) is 3. The highest BCUT2D eigenvalue weighted by Crippen LogP contribution is 2.29. The van der Waals surface area contributed by atoms with Crippen molar-refractivity contribution in [2.75, 3.05) is 25.6 Å². The van der Waals surface area contributed by atoms with Gasteiger partial charge in [-0.2, -0.15) is 0 Å². The fourth-order valence-corrected chi connectivity index (χ4v) is 2.38. The number of imidazole rings is 1. The van der Waals surface area contributed by atoms with Gasteiger partial charge in [-0.1, -0.05) is 0 Å². The van der Waals surface area contributed by atoms with Gasteiger partial charge in [0.2, 0.25) is 0 Å². The number of rotatable bonds is 3. The molecule has 0 N–H and O–H groups in total. The smallest absolute Gasteiger partial charge is 0.328 e. The lowest BCUT2D eigenvalue weighted by molar-refractivity contribution is 0.293. The number of aryl methyl sites for hydroxylation is 1. The average molecular weight is 261 g/mol. The first kappa shape index (κ1) is 12.3. The lowest BCUT2D eigenvalue weighted by Crippen LogP contribution is -2.27. The lowest BCUT2D eigenvalue weighted by atomic mass is 10.2. The van der Waals surface area contributed by atoms with E-state index in [4.69, 9.17) is 4.74 Å². The van der Waals surface area contributed by atoms with Gasteiger partial charge in [0.25, 0.3) is 0 Å². The van der Waals surface area contributed by atoms with Crippen LogP contribution in [0.15, 0.2) is 23.0 Å². The van der Waals surface area contributed by atoms with Crippen LogP contribution in [-0.4, -0.2) is 35.4 Å². The molecule has 0 spiro atoms. The van der Waals surface area contributed by atoms with E-state index >= 15 is 0 Å². The molecule has 0 aliphatic carbocycles. The third-order valence-corrected chi connectivity index (χ3v) is 3.78. The zero-order chi connectivity index (χ0) is 13.8. The maximum Gasteiger partial charge on any atom is 0.328 e. The highest BCUT2D eigenvalue weighted by atomic mass is 16.6. The second-order valence-electron chi connectivity index (χ2n) is 5.73. The van der Waals surface area contributed by atoms with Gasteiger partial charge in [-0.3, -0.25) is 9.13 Å². The number of hydrogen-bond acceptors (Lipinski definition) is 3. The maximum atomic E-state index is 12.3. The molecule has 3 rings (SSSR count). The molecule has 1 aromatic carbocycles. The SMILES string of the molecule is CN(C)c1ccc2c(c1)n(CC1(C)CO1)c(=O)n2C. The van der Waals surface area contributed by atoms with Crippen molar-refractivity contribution in [3.05, 3.63) is 28.7 Å². The Bertz CT molecular complexity index is 693. The topological polar surface area (TPSA) is 42.7 Å². The van der Waals surface area contributed by atoms with Gasteiger partial charge >= 0.3 is 5.69 Å². The molecule has 1 aromatic heterocycles. The molecule has 0 bridgehead atoms. The highest BCUT2D eigenvalue weighted by molar-refractivity contribution is 5.80. The summed E-state index contributed by atoms with van der Waals surface area (Å²) in [6.07, 6.45) is 0. The van der Waals surface area contributed by atoms with E-state index < -0.39 is 0 Å². The molecule has 1 atom stereocenters. The van der Waals surface area contributed by atoms with E-state index in [1.165, 1.54) is 0 Å². The van der Waals surface area contributed by atoms with E-state index in [2.05, 4.69) is 6.07 Å². The van der Waals surface area contributed by atoms with Crippen LogP contribution in [0.2, 0.25) is 0 Å². The molecule has 0 amide bonds. The number of fused-ring (bicyclic) bond motifs is 1. The van der Waals surface area contributed by atoms with Crippen LogP contribution >= 0.6 is 0 Å². The Morgan fingerprint density at radius 2 is 2.05 bits per heavy atom. The normalized spacial score (nSPS) is 21.9. The van der Waals surface area contributed by atoms with Crippen LogP contribution < -0.4 is 10.6 Å². The lowest BCUT2D eigenvalue weighted by Gasteiger charge is -2.13. The quantitative estimate of drug-likeness (QED) is 0.780. The van der Waals surface area contributed by atoms with Crippen LogP contribution in [0.5, 0.6) is 0 Å². The molecule has 0 radical (unpaired) electrons. The second kappa shape index (κ2) is 3.87. The predicted octanol–water partition coefficient (Wildman–Crippen LogP) is 1.19. The summed E-state index contributed by atoms with van der Waals surface area (Å²) in [4.78, 5) is 14.4. The van der Waals surface area contributed by atoms with E-state index in [0.717, 1.165) is 23.3 Å². The molecule has 1 aliphatic heterocycles. The van der Waals surface area contributed by atoms with Crippen LogP contribution in [0, 0.1) is 0 Å². The molecule has 1 fully saturated rings. The summed E-state index contributed by atoms with van der Waals surface area (Å²) >= 11 is 0. The van der Waals surface area contributed by atoms with Crippen LogP contribution in [-0.2, 0) is 18.3 Å². The number of benzene rings is 1. The summed E-state index contributed by atoms with van der Waals surface area (Å²) in [5, 5.41) is 0. The van der Waals surface area contributed by atoms with E-state index in [9.17, 15) is 4.79 Å². The van der Waals surface area contributed by atoms with Gasteiger partial charge in [0.05, 0.1) is 24.2 Å². The van der Waals surface area contributed by atoms with Crippen LogP contribution in [0.25, 0.3) is 11.0 Å². The number of epoxide rings is 1. The fraction of sp³-hybridized carbons (Fsp3) is 0.500. The van der Waals surface area contributed by atoms with Crippen molar-refractivity contribution in [3.8, 4) is 0 Å². The van der Waals surface area contributed by atoms with E-state index in [0.29, 0.717) is 6.54 Å². The molecule has 19 heavy (non-hydrogen) atoms. The molecule has 1 unspecified atom stereocenters. The Hall–Kier alpha value is -1.75. The van der Waals surface area contributed by atoms with Gasteiger partial charge in [-0.15, -0.1) is 0 Å². The van der Waals surface area contributed by atoms with Gasteiger partial charge in [0.15, 0.2) is 0 Å². The van der Waals surface area contributed by atoms with E-state index in [1.54, 1.807) is 4.57 Å². The zero-order valence-electron chi connectivity index (χ0n) is 11.8. The van der Waals surface area contributed by atoms with Crippen molar-refractivity contribution in [2.45, 2.75) is 19.1 Å². The fourth-order valence-electron chi connectivity index (χ4n) is 2.38. The molecule has 0 saturated carbocycles. The Morgan fingerprint density at radius 3 is 2.63 bits per heavy atom. The largest absolute Gasteiger partial charge is 0.378 e. The molecular weight excluding hydrogens is 242 g/mol. The zero-order valence-corrected chi connectivity index (χ0v) is 11.8. The Balaban J connectivity index is 2.20. The Labute approximate surface area is 112 Å². The van der Waals surface area contributed by atoms with E-state index in [1.807, 2.05) is 49.7 Å². The predicted molar refractivity (Wildman–Crippen MR) is 75.9 cm³/mol. The maximum absolute atomic E-state index is 12.3. The first-order chi connectivity index (χ1) is 8.91. The van der Waals surface area contributed by atoms with Gasteiger partial charge < -0.3 is 9.64 Å². The molecule has 2 heterocycles. The molecule has 102 valence electrons. The van der Waals surface area contributed by atoms with Crippen molar-refractivity contribution in [2.24, 2.45) is 7.05 Å². The standard InChI is InChI=1S/C14H19N3O2/c1-14(9-19-14)8-17-12-7-10(15(2)3)5-6-11(12)16(4)13(17)18/h5-7H,8-9H2,1-4H3.